The normalized spacial score (nSPS) is 23.0. The van der Waals surface area contributed by atoms with E-state index in [2.05, 4.69) is 5.10 Å². The van der Waals surface area contributed by atoms with E-state index in [0.29, 0.717) is 25.7 Å². The SMILES string of the molecule is CC(=O)C1CCC(n2cc([N+](=O)[O-])c(C(F)F)n2)CC1. The summed E-state index contributed by atoms with van der Waals surface area (Å²) < 4.78 is 26.7. The Labute approximate surface area is 113 Å². The van der Waals surface area contributed by atoms with Gasteiger partial charge in [-0.25, -0.2) is 8.78 Å². The first-order chi connectivity index (χ1) is 9.40. The highest BCUT2D eigenvalue weighted by Crippen LogP contribution is 2.35. The first-order valence-electron chi connectivity index (χ1n) is 6.42. The lowest BCUT2D eigenvalue weighted by Crippen LogP contribution is -2.22. The minimum Gasteiger partial charge on any atom is -0.300 e. The van der Waals surface area contributed by atoms with Crippen molar-refractivity contribution >= 4 is 11.5 Å². The largest absolute Gasteiger partial charge is 0.316 e. The van der Waals surface area contributed by atoms with E-state index in [1.165, 1.54) is 4.68 Å². The Bertz CT molecular complexity index is 522. The monoisotopic (exact) mass is 287 g/mol. The maximum absolute atomic E-state index is 12.7. The minimum absolute atomic E-state index is 0.00590. The zero-order valence-corrected chi connectivity index (χ0v) is 11.0. The van der Waals surface area contributed by atoms with Gasteiger partial charge in [0.1, 0.15) is 12.0 Å². The van der Waals surface area contributed by atoms with Crippen molar-refractivity contribution in [1.82, 2.24) is 9.78 Å². The van der Waals surface area contributed by atoms with Gasteiger partial charge < -0.3 is 0 Å². The standard InChI is InChI=1S/C12H15F2N3O3/c1-7(18)8-2-4-9(5-3-8)16-6-10(17(19)20)11(15-16)12(13)14/h6,8-9,12H,2-5H2,1H3. The van der Waals surface area contributed by atoms with Crippen LogP contribution in [0.4, 0.5) is 14.5 Å². The third-order valence-corrected chi connectivity index (χ3v) is 3.79. The summed E-state index contributed by atoms with van der Waals surface area (Å²) in [7, 11) is 0. The third-order valence-electron chi connectivity index (χ3n) is 3.79. The van der Waals surface area contributed by atoms with Gasteiger partial charge in [0.15, 0.2) is 0 Å². The minimum atomic E-state index is -2.97. The van der Waals surface area contributed by atoms with Gasteiger partial charge in [-0.3, -0.25) is 19.6 Å². The molecule has 2 rings (SSSR count). The van der Waals surface area contributed by atoms with Crippen LogP contribution in [0.25, 0.3) is 0 Å². The quantitative estimate of drug-likeness (QED) is 0.629. The van der Waals surface area contributed by atoms with Gasteiger partial charge in [0.25, 0.3) is 6.43 Å². The molecule has 0 N–H and O–H groups in total. The zero-order chi connectivity index (χ0) is 14.9. The molecule has 1 aliphatic carbocycles. The molecule has 1 fully saturated rings. The second-order valence-electron chi connectivity index (χ2n) is 5.05. The first-order valence-corrected chi connectivity index (χ1v) is 6.42. The average Bonchev–Trinajstić information content (AvgIpc) is 2.84. The second-order valence-corrected chi connectivity index (χ2v) is 5.05. The maximum atomic E-state index is 12.7. The molecule has 1 aliphatic rings. The Morgan fingerprint density at radius 2 is 2.05 bits per heavy atom. The molecule has 0 aromatic carbocycles. The van der Waals surface area contributed by atoms with Crippen LogP contribution >= 0.6 is 0 Å². The lowest BCUT2D eigenvalue weighted by atomic mass is 9.84. The van der Waals surface area contributed by atoms with E-state index in [0.717, 1.165) is 6.20 Å². The van der Waals surface area contributed by atoms with Gasteiger partial charge in [-0.15, -0.1) is 0 Å². The van der Waals surface area contributed by atoms with Crippen molar-refractivity contribution in [3.05, 3.63) is 22.0 Å². The first kappa shape index (κ1) is 14.5. The molecule has 0 radical (unpaired) electrons. The van der Waals surface area contributed by atoms with Crippen molar-refractivity contribution in [3.63, 3.8) is 0 Å². The number of rotatable bonds is 4. The van der Waals surface area contributed by atoms with E-state index in [9.17, 15) is 23.7 Å². The number of nitro groups is 1. The number of alkyl halides is 2. The molecule has 0 saturated heterocycles. The molecule has 1 saturated carbocycles. The Kier molecular flexibility index (Phi) is 4.10. The predicted octanol–water partition coefficient (Wildman–Crippen LogP) is 3.05. The fourth-order valence-corrected chi connectivity index (χ4v) is 2.63. The molecule has 0 spiro atoms. The number of nitrogens with zero attached hydrogens (tertiary/aromatic N) is 3. The summed E-state index contributed by atoms with van der Waals surface area (Å²) in [5.41, 5.74) is -1.43. The lowest BCUT2D eigenvalue weighted by Gasteiger charge is -2.26. The van der Waals surface area contributed by atoms with E-state index in [1.54, 1.807) is 6.92 Å². The molecule has 1 aromatic heterocycles. The van der Waals surface area contributed by atoms with Gasteiger partial charge in [0.2, 0.25) is 5.69 Å². The van der Waals surface area contributed by atoms with Crippen molar-refractivity contribution in [2.24, 2.45) is 5.92 Å². The molecule has 0 aliphatic heterocycles. The third kappa shape index (κ3) is 2.83. The molecule has 0 unspecified atom stereocenters. The summed E-state index contributed by atoms with van der Waals surface area (Å²) >= 11 is 0. The van der Waals surface area contributed by atoms with Crippen LogP contribution in [0.1, 0.15) is 50.8 Å². The highest BCUT2D eigenvalue weighted by atomic mass is 19.3. The molecule has 110 valence electrons. The van der Waals surface area contributed by atoms with E-state index in [4.69, 9.17) is 0 Å². The van der Waals surface area contributed by atoms with Crippen LogP contribution in [0.5, 0.6) is 0 Å². The number of hydrogen-bond donors (Lipinski definition) is 0. The van der Waals surface area contributed by atoms with Gasteiger partial charge in [0.05, 0.1) is 11.0 Å². The molecule has 20 heavy (non-hydrogen) atoms. The number of carbonyl (C=O) groups is 1. The number of Topliss-reactive ketones (excluding diaryl/α,β-unsaturated/α-hetero) is 1. The smallest absolute Gasteiger partial charge is 0.300 e. The van der Waals surface area contributed by atoms with Crippen molar-refractivity contribution in [2.75, 3.05) is 0 Å². The average molecular weight is 287 g/mol. The van der Waals surface area contributed by atoms with Gasteiger partial charge >= 0.3 is 5.69 Å². The summed E-state index contributed by atoms with van der Waals surface area (Å²) in [5, 5.41) is 14.4. The van der Waals surface area contributed by atoms with Crippen molar-refractivity contribution < 1.29 is 18.5 Å². The number of aromatic nitrogens is 2. The topological polar surface area (TPSA) is 78.0 Å². The zero-order valence-electron chi connectivity index (χ0n) is 11.0. The Balaban J connectivity index is 2.16. The van der Waals surface area contributed by atoms with Gasteiger partial charge in [-0.1, -0.05) is 0 Å². The molecule has 0 atom stereocenters. The molecule has 0 amide bonds. The van der Waals surface area contributed by atoms with E-state index in [-0.39, 0.29) is 17.7 Å². The summed E-state index contributed by atoms with van der Waals surface area (Å²) in [5.74, 6) is 0.134. The number of hydrogen-bond acceptors (Lipinski definition) is 4. The van der Waals surface area contributed by atoms with E-state index in [1.807, 2.05) is 0 Å². The second kappa shape index (κ2) is 5.64. The molecular formula is C12H15F2N3O3. The molecule has 1 aromatic rings. The van der Waals surface area contributed by atoms with Crippen molar-refractivity contribution in [3.8, 4) is 0 Å². The number of ketones is 1. The van der Waals surface area contributed by atoms with Gasteiger partial charge in [0, 0.05) is 5.92 Å². The van der Waals surface area contributed by atoms with Crippen LogP contribution in [0.3, 0.4) is 0 Å². The Morgan fingerprint density at radius 1 is 1.45 bits per heavy atom. The fourth-order valence-electron chi connectivity index (χ4n) is 2.63. The van der Waals surface area contributed by atoms with Crippen molar-refractivity contribution in [1.29, 1.82) is 0 Å². The van der Waals surface area contributed by atoms with Crippen LogP contribution in [0.15, 0.2) is 6.20 Å². The van der Waals surface area contributed by atoms with Crippen LogP contribution in [0, 0.1) is 16.0 Å². The summed E-state index contributed by atoms with van der Waals surface area (Å²) in [6, 6.07) is -0.156. The lowest BCUT2D eigenvalue weighted by molar-refractivity contribution is -0.386. The number of halogens is 2. The molecule has 1 heterocycles. The Morgan fingerprint density at radius 3 is 2.45 bits per heavy atom. The molecular weight excluding hydrogens is 272 g/mol. The van der Waals surface area contributed by atoms with Crippen molar-refractivity contribution in [2.45, 2.75) is 45.1 Å². The van der Waals surface area contributed by atoms with E-state index < -0.39 is 22.7 Å². The molecule has 6 nitrogen and oxygen atoms in total. The van der Waals surface area contributed by atoms with Crippen LogP contribution < -0.4 is 0 Å². The Hall–Kier alpha value is -1.86. The molecule has 0 bridgehead atoms. The highest BCUT2D eigenvalue weighted by Gasteiger charge is 2.31. The van der Waals surface area contributed by atoms with Gasteiger partial charge in [-0.05, 0) is 32.6 Å². The van der Waals surface area contributed by atoms with Gasteiger partial charge in [-0.2, -0.15) is 5.10 Å². The van der Waals surface area contributed by atoms with Crippen LogP contribution in [0.2, 0.25) is 0 Å². The predicted molar refractivity (Wildman–Crippen MR) is 65.5 cm³/mol. The van der Waals surface area contributed by atoms with E-state index >= 15 is 0 Å². The highest BCUT2D eigenvalue weighted by molar-refractivity contribution is 5.78. The number of carbonyl (C=O) groups excluding carboxylic acids is 1. The maximum Gasteiger partial charge on any atom is 0.316 e. The summed E-state index contributed by atoms with van der Waals surface area (Å²) in [4.78, 5) is 21.2. The summed E-state index contributed by atoms with van der Waals surface area (Å²) in [6.45, 7) is 1.54. The molecule has 8 heteroatoms. The van der Waals surface area contributed by atoms with Crippen LogP contribution in [-0.2, 0) is 4.79 Å². The van der Waals surface area contributed by atoms with Crippen LogP contribution in [-0.4, -0.2) is 20.5 Å². The fraction of sp³-hybridized carbons (Fsp3) is 0.667. The summed E-state index contributed by atoms with van der Waals surface area (Å²) in [6.07, 6.45) is 0.665.